The van der Waals surface area contributed by atoms with Gasteiger partial charge in [0.05, 0.1) is 6.04 Å². The van der Waals surface area contributed by atoms with Gasteiger partial charge in [-0.1, -0.05) is 24.3 Å². The third-order valence-corrected chi connectivity index (χ3v) is 3.74. The third-order valence-electron chi connectivity index (χ3n) is 3.74. The molecule has 0 bridgehead atoms. The van der Waals surface area contributed by atoms with E-state index in [9.17, 15) is 8.78 Å². The van der Waals surface area contributed by atoms with Crippen LogP contribution in [0, 0.1) is 11.6 Å². The van der Waals surface area contributed by atoms with Gasteiger partial charge in [0.1, 0.15) is 17.5 Å². The molecule has 3 nitrogen and oxygen atoms in total. The van der Waals surface area contributed by atoms with Crippen molar-refractivity contribution in [1.29, 1.82) is 0 Å². The smallest absolute Gasteiger partial charge is 0.130 e. The molecule has 1 heterocycles. The van der Waals surface area contributed by atoms with Crippen LogP contribution in [0.4, 0.5) is 8.78 Å². The van der Waals surface area contributed by atoms with Crippen LogP contribution >= 0.6 is 0 Å². The minimum absolute atomic E-state index is 0.180. The molecular formula is C18H17F2N3. The van der Waals surface area contributed by atoms with Crippen LogP contribution in [0.25, 0.3) is 0 Å². The number of hydrogen-bond donors (Lipinski definition) is 1. The van der Waals surface area contributed by atoms with Crippen LogP contribution in [0.3, 0.4) is 0 Å². The normalized spacial score (nSPS) is 12.3. The fourth-order valence-corrected chi connectivity index (χ4v) is 2.49. The number of hydrogen-bond acceptors (Lipinski definition) is 2. The molecule has 0 saturated heterocycles. The van der Waals surface area contributed by atoms with Crippen LogP contribution in [0.2, 0.25) is 0 Å². The molecule has 1 atom stereocenters. The highest BCUT2D eigenvalue weighted by atomic mass is 19.1. The molecule has 0 fully saturated rings. The summed E-state index contributed by atoms with van der Waals surface area (Å²) in [7, 11) is 1.92. The van der Waals surface area contributed by atoms with Crippen molar-refractivity contribution in [1.82, 2.24) is 14.9 Å². The summed E-state index contributed by atoms with van der Waals surface area (Å²) in [5, 5.41) is 3.41. The quantitative estimate of drug-likeness (QED) is 0.780. The second-order valence-electron chi connectivity index (χ2n) is 5.39. The van der Waals surface area contributed by atoms with Gasteiger partial charge < -0.3 is 4.57 Å². The summed E-state index contributed by atoms with van der Waals surface area (Å²) >= 11 is 0. The van der Waals surface area contributed by atoms with Crippen LogP contribution < -0.4 is 5.32 Å². The highest BCUT2D eigenvalue weighted by Gasteiger charge is 2.17. The summed E-state index contributed by atoms with van der Waals surface area (Å²) < 4.78 is 28.1. The minimum atomic E-state index is -0.272. The van der Waals surface area contributed by atoms with Crippen molar-refractivity contribution >= 4 is 0 Å². The fourth-order valence-electron chi connectivity index (χ4n) is 2.49. The van der Waals surface area contributed by atoms with E-state index in [-0.39, 0.29) is 17.7 Å². The Hall–Kier alpha value is -2.53. The number of imidazole rings is 1. The highest BCUT2D eigenvalue weighted by Crippen LogP contribution is 2.21. The Morgan fingerprint density at radius 1 is 1.00 bits per heavy atom. The molecule has 1 aromatic heterocycles. The number of aryl methyl sites for hydroxylation is 1. The van der Waals surface area contributed by atoms with Crippen molar-refractivity contribution in [2.45, 2.75) is 12.6 Å². The Kier molecular flexibility index (Phi) is 4.48. The first-order valence-electron chi connectivity index (χ1n) is 7.34. The number of nitrogens with one attached hydrogen (secondary N) is 1. The number of aromatic nitrogens is 2. The minimum Gasteiger partial charge on any atom is -0.336 e. The molecule has 1 N–H and O–H groups in total. The van der Waals surface area contributed by atoms with Crippen LogP contribution in [-0.2, 0) is 13.6 Å². The molecule has 3 aromatic rings. The maximum Gasteiger partial charge on any atom is 0.130 e. The van der Waals surface area contributed by atoms with E-state index in [0.29, 0.717) is 6.54 Å². The van der Waals surface area contributed by atoms with Crippen molar-refractivity contribution in [3.8, 4) is 0 Å². The van der Waals surface area contributed by atoms with E-state index >= 15 is 0 Å². The van der Waals surface area contributed by atoms with Gasteiger partial charge in [0, 0.05) is 26.0 Å². The standard InChI is InChI=1S/C18H17F2N3/c1-23-11-10-21-18(23)17(14-4-8-16(20)9-5-14)22-12-13-2-6-15(19)7-3-13/h2-11,17,22H,12H2,1H3. The van der Waals surface area contributed by atoms with Gasteiger partial charge in [-0.25, -0.2) is 13.8 Å². The fraction of sp³-hybridized carbons (Fsp3) is 0.167. The lowest BCUT2D eigenvalue weighted by atomic mass is 10.1. The summed E-state index contributed by atoms with van der Waals surface area (Å²) in [5.74, 6) is 0.303. The molecule has 0 aliphatic rings. The molecule has 0 saturated carbocycles. The number of benzene rings is 2. The van der Waals surface area contributed by atoms with Crippen molar-refractivity contribution < 1.29 is 8.78 Å². The molecule has 0 spiro atoms. The highest BCUT2D eigenvalue weighted by molar-refractivity contribution is 5.26. The van der Waals surface area contributed by atoms with Gasteiger partial charge in [0.15, 0.2) is 0 Å². The Balaban J connectivity index is 1.85. The van der Waals surface area contributed by atoms with Crippen LogP contribution in [-0.4, -0.2) is 9.55 Å². The lowest BCUT2D eigenvalue weighted by Gasteiger charge is -2.19. The molecule has 0 amide bonds. The van der Waals surface area contributed by atoms with Gasteiger partial charge in [-0.3, -0.25) is 5.32 Å². The zero-order chi connectivity index (χ0) is 16.2. The van der Waals surface area contributed by atoms with E-state index in [4.69, 9.17) is 0 Å². The molecular weight excluding hydrogens is 296 g/mol. The molecule has 0 radical (unpaired) electrons. The predicted molar refractivity (Wildman–Crippen MR) is 84.7 cm³/mol. The third kappa shape index (κ3) is 3.63. The maximum atomic E-state index is 13.2. The van der Waals surface area contributed by atoms with E-state index in [1.165, 1.54) is 24.3 Å². The molecule has 3 rings (SSSR count). The average Bonchev–Trinajstić information content (AvgIpc) is 2.97. The molecule has 2 aromatic carbocycles. The van der Waals surface area contributed by atoms with Gasteiger partial charge in [0.2, 0.25) is 0 Å². The Morgan fingerprint density at radius 3 is 2.17 bits per heavy atom. The lowest BCUT2D eigenvalue weighted by molar-refractivity contribution is 0.554. The van der Waals surface area contributed by atoms with E-state index in [2.05, 4.69) is 10.3 Å². The van der Waals surface area contributed by atoms with Gasteiger partial charge in [0.25, 0.3) is 0 Å². The maximum absolute atomic E-state index is 13.2. The largest absolute Gasteiger partial charge is 0.336 e. The Bertz CT molecular complexity index is 764. The van der Waals surface area contributed by atoms with Crippen LogP contribution in [0.1, 0.15) is 23.0 Å². The number of nitrogens with zero attached hydrogens (tertiary/aromatic N) is 2. The topological polar surface area (TPSA) is 29.9 Å². The molecule has 5 heteroatoms. The summed E-state index contributed by atoms with van der Waals surface area (Å²) in [6, 6.07) is 12.5. The first kappa shape index (κ1) is 15.4. The molecule has 118 valence electrons. The summed E-state index contributed by atoms with van der Waals surface area (Å²) in [6.45, 7) is 0.551. The Morgan fingerprint density at radius 2 is 1.61 bits per heavy atom. The lowest BCUT2D eigenvalue weighted by Crippen LogP contribution is -2.24. The van der Waals surface area contributed by atoms with Crippen molar-refractivity contribution in [2.75, 3.05) is 0 Å². The van der Waals surface area contributed by atoms with Crippen LogP contribution in [0.5, 0.6) is 0 Å². The predicted octanol–water partition coefficient (Wildman–Crippen LogP) is 3.58. The van der Waals surface area contributed by atoms with Crippen molar-refractivity contribution in [3.05, 3.63) is 89.5 Å². The van der Waals surface area contributed by atoms with Gasteiger partial charge in [-0.15, -0.1) is 0 Å². The molecule has 1 unspecified atom stereocenters. The number of halogens is 2. The first-order chi connectivity index (χ1) is 11.1. The molecule has 0 aliphatic heterocycles. The van der Waals surface area contributed by atoms with Crippen molar-refractivity contribution in [3.63, 3.8) is 0 Å². The second kappa shape index (κ2) is 6.71. The Labute approximate surface area is 133 Å². The van der Waals surface area contributed by atoms with Gasteiger partial charge in [-0.05, 0) is 35.4 Å². The van der Waals surface area contributed by atoms with Crippen molar-refractivity contribution in [2.24, 2.45) is 7.05 Å². The van der Waals surface area contributed by atoms with E-state index in [0.717, 1.165) is 17.0 Å². The average molecular weight is 313 g/mol. The summed E-state index contributed by atoms with van der Waals surface area (Å²) in [4.78, 5) is 4.39. The van der Waals surface area contributed by atoms with Gasteiger partial charge >= 0.3 is 0 Å². The zero-order valence-corrected chi connectivity index (χ0v) is 12.7. The van der Waals surface area contributed by atoms with E-state index in [1.807, 2.05) is 17.8 Å². The zero-order valence-electron chi connectivity index (χ0n) is 12.7. The summed E-state index contributed by atoms with van der Waals surface area (Å²) in [6.07, 6.45) is 3.59. The molecule has 23 heavy (non-hydrogen) atoms. The second-order valence-corrected chi connectivity index (χ2v) is 5.39. The van der Waals surface area contributed by atoms with E-state index < -0.39 is 0 Å². The SMILES string of the molecule is Cn1ccnc1C(NCc1ccc(F)cc1)c1ccc(F)cc1. The van der Waals surface area contributed by atoms with Crippen LogP contribution in [0.15, 0.2) is 60.9 Å². The first-order valence-corrected chi connectivity index (χ1v) is 7.34. The van der Waals surface area contributed by atoms with Gasteiger partial charge in [-0.2, -0.15) is 0 Å². The monoisotopic (exact) mass is 313 g/mol. The number of rotatable bonds is 5. The van der Waals surface area contributed by atoms with E-state index in [1.54, 1.807) is 30.5 Å². The molecule has 0 aliphatic carbocycles. The summed E-state index contributed by atoms with van der Waals surface area (Å²) in [5.41, 5.74) is 1.88.